The number of halogens is 3. The van der Waals surface area contributed by atoms with E-state index in [1.54, 1.807) is 17.9 Å². The van der Waals surface area contributed by atoms with Crippen molar-refractivity contribution >= 4 is 17.6 Å². The summed E-state index contributed by atoms with van der Waals surface area (Å²) in [6, 6.07) is 1.57. The van der Waals surface area contributed by atoms with E-state index in [1.807, 2.05) is 0 Å². The number of hydrogen-bond acceptors (Lipinski definition) is 7. The van der Waals surface area contributed by atoms with Gasteiger partial charge in [0.2, 0.25) is 17.4 Å². The lowest BCUT2D eigenvalue weighted by Crippen LogP contribution is -2.53. The van der Waals surface area contributed by atoms with Gasteiger partial charge in [-0.1, -0.05) is 5.16 Å². The van der Waals surface area contributed by atoms with Gasteiger partial charge >= 0.3 is 6.18 Å². The third-order valence-electron chi connectivity index (χ3n) is 5.05. The van der Waals surface area contributed by atoms with Crippen molar-refractivity contribution in [2.45, 2.75) is 25.1 Å². The molecule has 1 fully saturated rings. The maximum Gasteiger partial charge on any atom is 0.425 e. The van der Waals surface area contributed by atoms with Gasteiger partial charge in [-0.2, -0.15) is 13.2 Å². The van der Waals surface area contributed by atoms with Gasteiger partial charge in [0.15, 0.2) is 11.6 Å². The van der Waals surface area contributed by atoms with Crippen LogP contribution >= 0.6 is 0 Å². The summed E-state index contributed by atoms with van der Waals surface area (Å²) in [4.78, 5) is 31.2. The van der Waals surface area contributed by atoms with E-state index in [2.05, 4.69) is 15.5 Å². The molecule has 0 radical (unpaired) electrons. The number of aliphatic hydroxyl groups is 1. The minimum absolute atomic E-state index is 0.0354. The van der Waals surface area contributed by atoms with Crippen LogP contribution in [0.5, 0.6) is 0 Å². The first-order chi connectivity index (χ1) is 14.5. The monoisotopic (exact) mass is 444 g/mol. The average Bonchev–Trinajstić information content (AvgIpc) is 3.29. The van der Waals surface area contributed by atoms with Crippen molar-refractivity contribution in [1.82, 2.24) is 24.5 Å². The van der Waals surface area contributed by atoms with Gasteiger partial charge in [0.25, 0.3) is 0 Å². The number of imidazole rings is 1. The molecule has 0 aromatic carbocycles. The molecule has 31 heavy (non-hydrogen) atoms. The Balaban J connectivity index is 1.55. The summed E-state index contributed by atoms with van der Waals surface area (Å²) < 4.78 is 46.8. The summed E-state index contributed by atoms with van der Waals surface area (Å²) >= 11 is 0. The zero-order valence-electron chi connectivity index (χ0n) is 17.0. The van der Waals surface area contributed by atoms with E-state index < -0.39 is 29.9 Å². The van der Waals surface area contributed by atoms with Gasteiger partial charge in [-0.15, -0.1) is 0 Å². The first-order valence-corrected chi connectivity index (χ1v) is 9.50. The van der Waals surface area contributed by atoms with Crippen molar-refractivity contribution in [1.29, 1.82) is 0 Å². The highest BCUT2D eigenvalue weighted by Crippen LogP contribution is 2.41. The van der Waals surface area contributed by atoms with Crippen LogP contribution in [0.25, 0.3) is 0 Å². The zero-order chi connectivity index (χ0) is 22.8. The quantitative estimate of drug-likeness (QED) is 0.672. The van der Waals surface area contributed by atoms with Crippen molar-refractivity contribution in [2.75, 3.05) is 38.0 Å². The lowest BCUT2D eigenvalue weighted by atomic mass is 9.96. The van der Waals surface area contributed by atoms with Crippen LogP contribution in [-0.2, 0) is 22.2 Å². The second kappa shape index (κ2) is 8.67. The number of rotatable bonds is 6. The third-order valence-corrected chi connectivity index (χ3v) is 5.05. The van der Waals surface area contributed by atoms with Crippen molar-refractivity contribution < 1.29 is 32.4 Å². The summed E-state index contributed by atoms with van der Waals surface area (Å²) in [7, 11) is 1.31. The molecule has 1 unspecified atom stereocenters. The molecule has 1 saturated heterocycles. The molecule has 170 valence electrons. The first-order valence-electron chi connectivity index (χ1n) is 9.50. The van der Waals surface area contributed by atoms with Crippen LogP contribution in [0.1, 0.15) is 18.0 Å². The van der Waals surface area contributed by atoms with Gasteiger partial charge < -0.3 is 24.4 Å². The minimum atomic E-state index is -5.08. The van der Waals surface area contributed by atoms with Gasteiger partial charge in [0.1, 0.15) is 5.76 Å². The lowest BCUT2D eigenvalue weighted by Gasteiger charge is -2.36. The molecule has 2 aromatic heterocycles. The van der Waals surface area contributed by atoms with E-state index in [1.165, 1.54) is 18.1 Å². The fourth-order valence-electron chi connectivity index (χ4n) is 3.37. The first kappa shape index (κ1) is 22.7. The summed E-state index contributed by atoms with van der Waals surface area (Å²) in [6.45, 7) is 2.57. The number of nitrogens with zero attached hydrogens (tertiary/aromatic N) is 5. The number of amides is 2. The number of anilines is 1. The number of aromatic nitrogens is 3. The van der Waals surface area contributed by atoms with Gasteiger partial charge in [0, 0.05) is 51.7 Å². The summed E-state index contributed by atoms with van der Waals surface area (Å²) in [6.07, 6.45) is -3.87. The number of hydrogen-bond donors (Lipinski definition) is 2. The molecule has 3 heterocycles. The van der Waals surface area contributed by atoms with Gasteiger partial charge in [0.05, 0.1) is 13.0 Å². The highest BCUT2D eigenvalue weighted by atomic mass is 19.4. The molecule has 1 atom stereocenters. The van der Waals surface area contributed by atoms with E-state index in [9.17, 15) is 27.9 Å². The molecule has 1 aliphatic heterocycles. The average molecular weight is 444 g/mol. The summed E-state index contributed by atoms with van der Waals surface area (Å²) in [5.41, 5.74) is -3.39. The molecule has 2 aromatic rings. The normalized spacial score (nSPS) is 17.4. The van der Waals surface area contributed by atoms with E-state index in [-0.39, 0.29) is 31.4 Å². The van der Waals surface area contributed by atoms with Crippen molar-refractivity contribution in [3.63, 3.8) is 0 Å². The maximum absolute atomic E-state index is 13.6. The van der Waals surface area contributed by atoms with E-state index in [4.69, 9.17) is 4.52 Å². The summed E-state index contributed by atoms with van der Waals surface area (Å²) in [5.74, 6) is -0.977. The number of nitrogens with one attached hydrogen (secondary N) is 1. The van der Waals surface area contributed by atoms with Crippen LogP contribution in [0, 0.1) is 6.92 Å². The summed E-state index contributed by atoms with van der Waals surface area (Å²) in [5, 5.41) is 16.6. The number of carbonyl (C=O) groups is 2. The fraction of sp³-hybridized carbons (Fsp3) is 0.556. The Bertz CT molecular complexity index is 935. The Hall–Kier alpha value is -2.93. The maximum atomic E-state index is 13.6. The molecule has 10 nitrogen and oxygen atoms in total. The van der Waals surface area contributed by atoms with Crippen molar-refractivity contribution in [2.24, 2.45) is 7.05 Å². The Morgan fingerprint density at radius 3 is 2.45 bits per heavy atom. The second-order valence-electron chi connectivity index (χ2n) is 7.42. The van der Waals surface area contributed by atoms with Crippen LogP contribution in [0.3, 0.4) is 0 Å². The molecule has 3 rings (SSSR count). The SMILES string of the molecule is Cc1cc(NC(=O)CN2CCN(C(=O)CC(O)(c3nccn3C)C(F)(F)F)CC2)no1. The highest BCUT2D eigenvalue weighted by Gasteiger charge is 2.59. The number of alkyl halides is 3. The smallest absolute Gasteiger partial charge is 0.374 e. The zero-order valence-corrected chi connectivity index (χ0v) is 17.0. The van der Waals surface area contributed by atoms with E-state index in [0.717, 1.165) is 10.8 Å². The van der Waals surface area contributed by atoms with Crippen molar-refractivity contribution in [3.05, 3.63) is 30.0 Å². The Kier molecular flexibility index (Phi) is 6.36. The predicted octanol–water partition coefficient (Wildman–Crippen LogP) is 0.639. The third kappa shape index (κ3) is 5.05. The van der Waals surface area contributed by atoms with Gasteiger partial charge in [-0.05, 0) is 6.92 Å². The van der Waals surface area contributed by atoms with Gasteiger partial charge in [-0.25, -0.2) is 4.98 Å². The van der Waals surface area contributed by atoms with E-state index >= 15 is 0 Å². The van der Waals surface area contributed by atoms with E-state index in [0.29, 0.717) is 18.8 Å². The molecule has 0 aliphatic carbocycles. The molecule has 0 bridgehead atoms. The fourth-order valence-corrected chi connectivity index (χ4v) is 3.37. The Morgan fingerprint density at radius 2 is 1.94 bits per heavy atom. The molecule has 0 saturated carbocycles. The second-order valence-corrected chi connectivity index (χ2v) is 7.42. The standard InChI is InChI=1S/C18H23F3N6O4/c1-12-9-13(24-31-12)23-14(28)11-26-5-7-27(8-6-26)15(29)10-17(30,18(19,20)21)16-22-3-4-25(16)2/h3-4,9,30H,5-8,10-11H2,1-2H3,(H,23,24,28). The van der Waals surface area contributed by atoms with Crippen LogP contribution in [0.15, 0.2) is 23.0 Å². The Morgan fingerprint density at radius 1 is 1.26 bits per heavy atom. The van der Waals surface area contributed by atoms with Crippen LogP contribution < -0.4 is 5.32 Å². The molecule has 1 aliphatic rings. The van der Waals surface area contributed by atoms with Crippen LogP contribution in [-0.4, -0.2) is 80.3 Å². The molecular weight excluding hydrogens is 421 g/mol. The molecule has 2 N–H and O–H groups in total. The van der Waals surface area contributed by atoms with Crippen molar-refractivity contribution in [3.8, 4) is 0 Å². The van der Waals surface area contributed by atoms with Crippen LogP contribution in [0.2, 0.25) is 0 Å². The number of carbonyl (C=O) groups excluding carboxylic acids is 2. The van der Waals surface area contributed by atoms with Crippen LogP contribution in [0.4, 0.5) is 19.0 Å². The minimum Gasteiger partial charge on any atom is -0.374 e. The molecule has 2 amide bonds. The lowest BCUT2D eigenvalue weighted by molar-refractivity contribution is -0.272. The molecule has 13 heteroatoms. The molecular formula is C18H23F3N6O4. The predicted molar refractivity (Wildman–Crippen MR) is 101 cm³/mol. The Labute approximate surface area is 175 Å². The number of aryl methyl sites for hydroxylation is 2. The number of piperazine rings is 1. The largest absolute Gasteiger partial charge is 0.425 e. The molecule has 0 spiro atoms. The highest BCUT2D eigenvalue weighted by molar-refractivity contribution is 5.91. The topological polar surface area (TPSA) is 117 Å². The van der Waals surface area contributed by atoms with Gasteiger partial charge in [-0.3, -0.25) is 14.5 Å².